The van der Waals surface area contributed by atoms with Crippen LogP contribution in [0.5, 0.6) is 0 Å². The fraction of sp³-hybridized carbons (Fsp3) is 0.273. The Hall–Kier alpha value is -4.99. The Balaban J connectivity index is 1.22. The Bertz CT molecular complexity index is 1990. The van der Waals surface area contributed by atoms with Gasteiger partial charge in [-0.1, -0.05) is 35.3 Å². The molecular formula is C33H27Cl2FN8O3. The molecule has 2 fully saturated rings. The van der Waals surface area contributed by atoms with Crippen LogP contribution in [-0.4, -0.2) is 37.8 Å². The molecule has 4 aromatic rings. The summed E-state index contributed by atoms with van der Waals surface area (Å²) in [5, 5.41) is 14.7. The summed E-state index contributed by atoms with van der Waals surface area (Å²) in [5.41, 5.74) is 5.22. The number of hydrogen-bond acceptors (Lipinski definition) is 7. The highest BCUT2D eigenvalue weighted by Gasteiger charge is 2.57. The van der Waals surface area contributed by atoms with Gasteiger partial charge in [-0.2, -0.15) is 5.26 Å². The van der Waals surface area contributed by atoms with Gasteiger partial charge in [-0.05, 0) is 74.6 Å². The SMILES string of the molecule is C[C@@]1(Cc2ccc(C#N)cc2)C(=O)N(c2cc(Cl)c(F)c(Cl)c2)c2ncc(C(=O)NC3(C(=O)NC4(c5ccc(N)cn5)CC4)CC3)n21. The van der Waals surface area contributed by atoms with E-state index < -0.39 is 34.2 Å². The summed E-state index contributed by atoms with van der Waals surface area (Å²) >= 11 is 12.2. The van der Waals surface area contributed by atoms with Crippen molar-refractivity contribution >= 4 is 58.2 Å². The lowest BCUT2D eigenvalue weighted by molar-refractivity contribution is -0.125. The van der Waals surface area contributed by atoms with Gasteiger partial charge in [0.1, 0.15) is 16.8 Å². The number of benzene rings is 2. The normalized spacial score (nSPS) is 19.9. The number of rotatable bonds is 8. The number of imidazole rings is 1. The molecule has 2 aromatic carbocycles. The topological polar surface area (TPSA) is 159 Å². The van der Waals surface area contributed by atoms with Crippen molar-refractivity contribution in [1.82, 2.24) is 25.2 Å². The number of nitrogens with one attached hydrogen (secondary N) is 2. The maximum absolute atomic E-state index is 14.3. The predicted octanol–water partition coefficient (Wildman–Crippen LogP) is 4.88. The minimum atomic E-state index is -1.40. The quantitative estimate of drug-likeness (QED) is 0.225. The van der Waals surface area contributed by atoms with E-state index in [9.17, 15) is 24.0 Å². The molecular weight excluding hydrogens is 646 g/mol. The summed E-state index contributed by atoms with van der Waals surface area (Å²) in [6, 6.07) is 14.9. The van der Waals surface area contributed by atoms with E-state index in [0.717, 1.165) is 0 Å². The first kappa shape index (κ1) is 30.7. The van der Waals surface area contributed by atoms with E-state index in [2.05, 4.69) is 26.7 Å². The van der Waals surface area contributed by atoms with E-state index in [-0.39, 0.29) is 39.7 Å². The van der Waals surface area contributed by atoms with Gasteiger partial charge in [0.2, 0.25) is 11.9 Å². The second kappa shape index (κ2) is 10.8. The Kier molecular flexibility index (Phi) is 7.04. The van der Waals surface area contributed by atoms with Gasteiger partial charge < -0.3 is 16.4 Å². The monoisotopic (exact) mass is 672 g/mol. The smallest absolute Gasteiger partial charge is 0.270 e. The molecule has 2 aliphatic carbocycles. The number of pyridine rings is 1. The van der Waals surface area contributed by atoms with Gasteiger partial charge in [0.25, 0.3) is 11.8 Å². The largest absolute Gasteiger partial charge is 0.397 e. The molecule has 4 N–H and O–H groups in total. The van der Waals surface area contributed by atoms with Crippen LogP contribution < -0.4 is 21.3 Å². The summed E-state index contributed by atoms with van der Waals surface area (Å²) in [6.07, 6.45) is 5.26. The lowest BCUT2D eigenvalue weighted by atomic mass is 9.91. The second-order valence-electron chi connectivity index (χ2n) is 12.5. The molecule has 3 amide bonds. The highest BCUT2D eigenvalue weighted by Crippen LogP contribution is 2.48. The van der Waals surface area contributed by atoms with E-state index >= 15 is 0 Å². The molecule has 238 valence electrons. The standard InChI is InChI=1S/C33H27Cl2FN8O3/c1-31(14-18-2-4-19(15-37)5-3-18)29(47)43(21-12-22(34)26(36)23(35)13-21)30-40-17-24(44(30)31)27(45)41-33(10-11-33)28(46)42-32(8-9-32)25-7-6-20(38)16-39-25/h2-7,12-13,16-17H,8-11,14,38H2,1H3,(H,41,45)(H,42,46)/t31-/m1/s1. The summed E-state index contributed by atoms with van der Waals surface area (Å²) < 4.78 is 15.9. The number of anilines is 3. The molecule has 0 unspecified atom stereocenters. The van der Waals surface area contributed by atoms with E-state index in [1.807, 2.05) is 0 Å². The van der Waals surface area contributed by atoms with Crippen LogP contribution in [0.25, 0.3) is 0 Å². The summed E-state index contributed by atoms with van der Waals surface area (Å²) in [6.45, 7) is 1.66. The van der Waals surface area contributed by atoms with Gasteiger partial charge in [0, 0.05) is 6.42 Å². The van der Waals surface area contributed by atoms with Crippen LogP contribution in [0.3, 0.4) is 0 Å². The maximum atomic E-state index is 14.3. The lowest BCUT2D eigenvalue weighted by Gasteiger charge is -2.27. The minimum absolute atomic E-state index is 0.0479. The van der Waals surface area contributed by atoms with Crippen molar-refractivity contribution in [2.75, 3.05) is 10.6 Å². The third-order valence-electron chi connectivity index (χ3n) is 9.11. The zero-order valence-electron chi connectivity index (χ0n) is 25.0. The first-order valence-electron chi connectivity index (χ1n) is 14.8. The highest BCUT2D eigenvalue weighted by atomic mass is 35.5. The van der Waals surface area contributed by atoms with Gasteiger partial charge in [-0.15, -0.1) is 0 Å². The summed E-state index contributed by atoms with van der Waals surface area (Å²) in [5.74, 6) is -2.13. The number of nitrogens with zero attached hydrogens (tertiary/aromatic N) is 5. The minimum Gasteiger partial charge on any atom is -0.397 e. The van der Waals surface area contributed by atoms with Gasteiger partial charge in [-0.25, -0.2) is 14.3 Å². The second-order valence-corrected chi connectivity index (χ2v) is 13.3. The maximum Gasteiger partial charge on any atom is 0.270 e. The average molecular weight is 674 g/mol. The van der Waals surface area contributed by atoms with Crippen molar-refractivity contribution < 1.29 is 18.8 Å². The molecule has 2 aromatic heterocycles. The predicted molar refractivity (Wildman–Crippen MR) is 171 cm³/mol. The molecule has 1 aliphatic heterocycles. The van der Waals surface area contributed by atoms with Crippen molar-refractivity contribution in [2.24, 2.45) is 0 Å². The third-order valence-corrected chi connectivity index (χ3v) is 9.66. The van der Waals surface area contributed by atoms with E-state index in [1.165, 1.54) is 27.8 Å². The summed E-state index contributed by atoms with van der Waals surface area (Å²) in [4.78, 5) is 52.0. The van der Waals surface area contributed by atoms with Crippen molar-refractivity contribution in [3.63, 3.8) is 0 Å². The highest BCUT2D eigenvalue weighted by molar-refractivity contribution is 6.35. The van der Waals surface area contributed by atoms with Crippen molar-refractivity contribution in [2.45, 2.75) is 55.6 Å². The van der Waals surface area contributed by atoms with E-state index in [1.54, 1.807) is 49.5 Å². The number of amides is 3. The Morgan fingerprint density at radius 2 is 1.70 bits per heavy atom. The molecule has 2 saturated carbocycles. The number of nitrogens with two attached hydrogens (primary N) is 1. The molecule has 0 radical (unpaired) electrons. The van der Waals surface area contributed by atoms with Crippen LogP contribution >= 0.6 is 23.2 Å². The number of aromatic nitrogens is 3. The Morgan fingerprint density at radius 3 is 2.28 bits per heavy atom. The molecule has 3 aliphatic rings. The number of nitriles is 1. The van der Waals surface area contributed by atoms with Crippen LogP contribution in [0.4, 0.5) is 21.7 Å². The molecule has 0 saturated heterocycles. The molecule has 7 rings (SSSR count). The fourth-order valence-electron chi connectivity index (χ4n) is 6.14. The molecule has 47 heavy (non-hydrogen) atoms. The molecule has 14 heteroatoms. The van der Waals surface area contributed by atoms with Gasteiger partial charge in [0.05, 0.1) is 56.7 Å². The van der Waals surface area contributed by atoms with Gasteiger partial charge in [0.15, 0.2) is 5.82 Å². The molecule has 0 bridgehead atoms. The first-order chi connectivity index (χ1) is 22.4. The Labute approximate surface area is 278 Å². The third kappa shape index (κ3) is 5.06. The Morgan fingerprint density at radius 1 is 1.02 bits per heavy atom. The van der Waals surface area contributed by atoms with Gasteiger partial charge in [-0.3, -0.25) is 23.9 Å². The van der Waals surface area contributed by atoms with E-state index in [4.69, 9.17) is 28.9 Å². The van der Waals surface area contributed by atoms with Crippen LogP contribution in [0.1, 0.15) is 59.9 Å². The molecule has 3 heterocycles. The van der Waals surface area contributed by atoms with Crippen LogP contribution in [-0.2, 0) is 27.1 Å². The van der Waals surface area contributed by atoms with E-state index in [0.29, 0.717) is 48.2 Å². The lowest BCUT2D eigenvalue weighted by Crippen LogP contribution is -2.52. The zero-order valence-corrected chi connectivity index (χ0v) is 26.5. The number of halogens is 3. The average Bonchev–Trinajstić information content (AvgIpc) is 3.95. The number of fused-ring (bicyclic) bond motifs is 1. The molecule has 11 nitrogen and oxygen atoms in total. The first-order valence-corrected chi connectivity index (χ1v) is 15.6. The number of nitrogen functional groups attached to an aromatic ring is 1. The number of carbonyl (C=O) groups is 3. The van der Waals surface area contributed by atoms with Crippen molar-refractivity contribution in [3.05, 3.63) is 99.3 Å². The molecule has 0 spiro atoms. The van der Waals surface area contributed by atoms with Crippen molar-refractivity contribution in [3.8, 4) is 6.07 Å². The zero-order chi connectivity index (χ0) is 33.3. The van der Waals surface area contributed by atoms with Crippen molar-refractivity contribution in [1.29, 1.82) is 5.26 Å². The van der Waals surface area contributed by atoms with Gasteiger partial charge >= 0.3 is 0 Å². The number of carbonyl (C=O) groups excluding carboxylic acids is 3. The number of hydrogen-bond donors (Lipinski definition) is 3. The fourth-order valence-corrected chi connectivity index (χ4v) is 6.61. The van der Waals surface area contributed by atoms with Crippen LogP contribution in [0.2, 0.25) is 10.0 Å². The van der Waals surface area contributed by atoms with Crippen LogP contribution in [0.15, 0.2) is 60.9 Å². The summed E-state index contributed by atoms with van der Waals surface area (Å²) in [7, 11) is 0. The van der Waals surface area contributed by atoms with Crippen LogP contribution in [0, 0.1) is 17.1 Å². The molecule has 1 atom stereocenters.